The molecule has 3 unspecified atom stereocenters. The van der Waals surface area contributed by atoms with Gasteiger partial charge in [-0.2, -0.15) is 0 Å². The summed E-state index contributed by atoms with van der Waals surface area (Å²) in [5.74, 6) is 2.56. The lowest BCUT2D eigenvalue weighted by molar-refractivity contribution is -0.131. The van der Waals surface area contributed by atoms with Crippen LogP contribution in [0.2, 0.25) is 0 Å². The van der Waals surface area contributed by atoms with Gasteiger partial charge >= 0.3 is 0 Å². The summed E-state index contributed by atoms with van der Waals surface area (Å²) in [6.07, 6.45) is 11.9. The van der Waals surface area contributed by atoms with Crippen LogP contribution < -0.4 is 0 Å². The van der Waals surface area contributed by atoms with Crippen molar-refractivity contribution >= 4 is 5.91 Å². The van der Waals surface area contributed by atoms with Gasteiger partial charge in [0.1, 0.15) is 0 Å². The zero-order valence-electron chi connectivity index (χ0n) is 31.2. The number of piperidine rings is 1. The van der Waals surface area contributed by atoms with E-state index < -0.39 is 0 Å². The van der Waals surface area contributed by atoms with E-state index in [1.807, 2.05) is 4.90 Å². The molecule has 0 aliphatic carbocycles. The number of hydrogen-bond donors (Lipinski definition) is 0. The van der Waals surface area contributed by atoms with Crippen LogP contribution >= 0.6 is 0 Å². The van der Waals surface area contributed by atoms with Gasteiger partial charge in [0, 0.05) is 53.0 Å². The minimum Gasteiger partial charge on any atom is -0.381 e. The van der Waals surface area contributed by atoms with Crippen molar-refractivity contribution < 1.29 is 19.0 Å². The molecule has 0 aromatic heterocycles. The van der Waals surface area contributed by atoms with Gasteiger partial charge in [-0.05, 0) is 97.2 Å². The Morgan fingerprint density at radius 2 is 1.12 bits per heavy atom. The van der Waals surface area contributed by atoms with Gasteiger partial charge in [-0.1, -0.05) is 83.1 Å². The van der Waals surface area contributed by atoms with E-state index in [4.69, 9.17) is 14.2 Å². The van der Waals surface area contributed by atoms with Crippen molar-refractivity contribution in [1.82, 2.24) is 4.90 Å². The van der Waals surface area contributed by atoms with Crippen molar-refractivity contribution in [1.29, 1.82) is 0 Å². The summed E-state index contributed by atoms with van der Waals surface area (Å²) < 4.78 is 16.3. The third-order valence-electron chi connectivity index (χ3n) is 10.1. The SMILES string of the molecule is CC(=O)N1CCCC(C(C)(C)C)C1.CC(C)(C)C1CCCCO1.CC(C)(C)C1CCCOC1.CC(C)(C)C1CCOCC1. The fraction of sp³-hybridized carbons (Fsp3) is 0.974. The number of hydrogen-bond acceptors (Lipinski definition) is 4. The summed E-state index contributed by atoms with van der Waals surface area (Å²) in [7, 11) is 0. The molecule has 4 aliphatic rings. The Labute approximate surface area is 268 Å². The largest absolute Gasteiger partial charge is 0.381 e. The van der Waals surface area contributed by atoms with Crippen molar-refractivity contribution in [2.75, 3.05) is 46.1 Å². The predicted octanol–water partition coefficient (Wildman–Crippen LogP) is 9.81. The van der Waals surface area contributed by atoms with Gasteiger partial charge in [-0.15, -0.1) is 0 Å². The summed E-state index contributed by atoms with van der Waals surface area (Å²) in [5, 5.41) is 0. The van der Waals surface area contributed by atoms with Crippen LogP contribution in [0.15, 0.2) is 0 Å². The molecule has 5 heteroatoms. The molecule has 4 saturated heterocycles. The lowest BCUT2D eigenvalue weighted by atomic mass is 9.76. The van der Waals surface area contributed by atoms with Gasteiger partial charge < -0.3 is 19.1 Å². The van der Waals surface area contributed by atoms with Gasteiger partial charge in [0.2, 0.25) is 5.91 Å². The molecule has 4 rings (SSSR count). The molecule has 0 spiro atoms. The first-order valence-electron chi connectivity index (χ1n) is 17.8. The summed E-state index contributed by atoms with van der Waals surface area (Å²) in [4.78, 5) is 13.2. The molecule has 4 heterocycles. The number of ether oxygens (including phenoxy) is 3. The zero-order chi connectivity index (χ0) is 32.9. The van der Waals surface area contributed by atoms with E-state index in [0.717, 1.165) is 58.0 Å². The molecule has 0 N–H and O–H groups in total. The van der Waals surface area contributed by atoms with Gasteiger partial charge in [-0.25, -0.2) is 0 Å². The van der Waals surface area contributed by atoms with Crippen LogP contribution in [0.3, 0.4) is 0 Å². The smallest absolute Gasteiger partial charge is 0.219 e. The van der Waals surface area contributed by atoms with Gasteiger partial charge in [-0.3, -0.25) is 4.79 Å². The quantitative estimate of drug-likeness (QED) is 0.274. The van der Waals surface area contributed by atoms with Crippen molar-refractivity contribution in [2.24, 2.45) is 39.4 Å². The molecule has 0 saturated carbocycles. The lowest BCUT2D eigenvalue weighted by Gasteiger charge is -2.39. The highest BCUT2D eigenvalue weighted by Crippen LogP contribution is 2.34. The Morgan fingerprint density at radius 1 is 0.558 bits per heavy atom. The maximum Gasteiger partial charge on any atom is 0.219 e. The van der Waals surface area contributed by atoms with Crippen molar-refractivity contribution in [2.45, 2.75) is 154 Å². The van der Waals surface area contributed by atoms with E-state index >= 15 is 0 Å². The van der Waals surface area contributed by atoms with E-state index in [1.54, 1.807) is 6.92 Å². The number of rotatable bonds is 0. The van der Waals surface area contributed by atoms with Gasteiger partial charge in [0.25, 0.3) is 0 Å². The molecule has 1 amide bonds. The van der Waals surface area contributed by atoms with Crippen molar-refractivity contribution in [3.05, 3.63) is 0 Å². The first-order chi connectivity index (χ1) is 19.7. The fourth-order valence-electron chi connectivity index (χ4n) is 6.38. The van der Waals surface area contributed by atoms with Crippen LogP contribution in [0.1, 0.15) is 148 Å². The van der Waals surface area contributed by atoms with E-state index in [9.17, 15) is 4.79 Å². The second kappa shape index (κ2) is 18.5. The normalized spacial score (nSPS) is 26.1. The van der Waals surface area contributed by atoms with E-state index in [-0.39, 0.29) is 5.91 Å². The summed E-state index contributed by atoms with van der Waals surface area (Å²) in [6.45, 7) is 35.9. The zero-order valence-corrected chi connectivity index (χ0v) is 31.2. The number of amides is 1. The molecule has 5 nitrogen and oxygen atoms in total. The highest BCUT2D eigenvalue weighted by atomic mass is 16.5. The topological polar surface area (TPSA) is 48.0 Å². The molecule has 43 heavy (non-hydrogen) atoms. The maximum atomic E-state index is 11.2. The molecule has 4 fully saturated rings. The van der Waals surface area contributed by atoms with Crippen LogP contribution in [0, 0.1) is 39.4 Å². The molecule has 4 aliphatic heterocycles. The Bertz CT molecular complexity index is 667. The maximum absolute atomic E-state index is 11.2. The van der Waals surface area contributed by atoms with Gasteiger partial charge in [0.15, 0.2) is 0 Å². The third-order valence-corrected chi connectivity index (χ3v) is 10.1. The molecular formula is C38H75NO4. The first-order valence-corrected chi connectivity index (χ1v) is 17.8. The van der Waals surface area contributed by atoms with E-state index in [2.05, 4.69) is 83.1 Å². The van der Waals surface area contributed by atoms with Gasteiger partial charge in [0.05, 0.1) is 6.10 Å². The molecule has 0 aromatic rings. The van der Waals surface area contributed by atoms with Crippen LogP contribution in [0.5, 0.6) is 0 Å². The standard InChI is InChI=1S/C11H21NO.3C9H18O/c1-9(13)12-7-5-6-10(8-12)11(2,3)4;1-9(2,3)8-4-6-10-7-5-8;1-9(2,3)8-5-4-6-10-7-8;1-9(2,3)8-6-4-5-7-10-8/h10H,5-8H2,1-4H3;3*8H,4-7H2,1-3H3. The second-order valence-electron chi connectivity index (χ2n) is 17.9. The minimum atomic E-state index is 0.231. The Morgan fingerprint density at radius 3 is 1.47 bits per heavy atom. The van der Waals surface area contributed by atoms with Crippen LogP contribution in [-0.4, -0.2) is 63.0 Å². The predicted molar refractivity (Wildman–Crippen MR) is 183 cm³/mol. The average molecular weight is 610 g/mol. The molecule has 0 aromatic carbocycles. The highest BCUT2D eigenvalue weighted by molar-refractivity contribution is 5.73. The fourth-order valence-corrected chi connectivity index (χ4v) is 6.38. The van der Waals surface area contributed by atoms with Crippen LogP contribution in [-0.2, 0) is 19.0 Å². The van der Waals surface area contributed by atoms with E-state index in [1.165, 1.54) is 57.8 Å². The monoisotopic (exact) mass is 610 g/mol. The Hall–Kier alpha value is -0.650. The number of carbonyl (C=O) groups is 1. The Kier molecular flexibility index (Phi) is 17.4. The van der Waals surface area contributed by atoms with Crippen LogP contribution in [0.25, 0.3) is 0 Å². The average Bonchev–Trinajstić information content (AvgIpc) is 2.94. The summed E-state index contributed by atoms with van der Waals surface area (Å²) >= 11 is 0. The molecule has 0 radical (unpaired) electrons. The summed E-state index contributed by atoms with van der Waals surface area (Å²) in [6, 6.07) is 0. The summed E-state index contributed by atoms with van der Waals surface area (Å²) in [5.41, 5.74) is 1.62. The Balaban J connectivity index is 0.000000289. The third kappa shape index (κ3) is 17.0. The van der Waals surface area contributed by atoms with Crippen molar-refractivity contribution in [3.8, 4) is 0 Å². The lowest BCUT2D eigenvalue weighted by Crippen LogP contribution is -2.42. The van der Waals surface area contributed by atoms with Crippen molar-refractivity contribution in [3.63, 3.8) is 0 Å². The van der Waals surface area contributed by atoms with E-state index in [0.29, 0.717) is 33.7 Å². The first kappa shape index (κ1) is 40.4. The number of likely N-dealkylation sites (tertiary alicyclic amines) is 1. The molecule has 3 atom stereocenters. The van der Waals surface area contributed by atoms with Crippen LogP contribution in [0.4, 0.5) is 0 Å². The molecule has 0 bridgehead atoms. The highest BCUT2D eigenvalue weighted by Gasteiger charge is 2.31. The molecular weight excluding hydrogens is 534 g/mol. The minimum absolute atomic E-state index is 0.231. The second-order valence-corrected chi connectivity index (χ2v) is 17.9. The number of nitrogens with zero attached hydrogens (tertiary/aromatic N) is 1. The number of carbonyl (C=O) groups excluding carboxylic acids is 1. The molecule has 256 valence electrons.